The predicted molar refractivity (Wildman–Crippen MR) is 105 cm³/mol. The molecule has 0 spiro atoms. The number of nitrogens with zero attached hydrogens (tertiary/aromatic N) is 5. The fraction of sp³-hybridized carbons (Fsp3) is 0.632. The molecule has 2 atom stereocenters. The van der Waals surface area contributed by atoms with Crippen LogP contribution in [0.5, 0.6) is 0 Å². The van der Waals surface area contributed by atoms with Crippen molar-refractivity contribution in [3.8, 4) is 0 Å². The van der Waals surface area contributed by atoms with E-state index in [0.717, 1.165) is 37.6 Å². The molecule has 0 aliphatic heterocycles. The maximum absolute atomic E-state index is 12.4. The lowest BCUT2D eigenvalue weighted by Gasteiger charge is -2.32. The molecule has 0 saturated heterocycles. The Morgan fingerprint density at radius 3 is 2.78 bits per heavy atom. The lowest BCUT2D eigenvalue weighted by atomic mass is 10.0. The first-order valence-corrected chi connectivity index (χ1v) is 10.4. The summed E-state index contributed by atoms with van der Waals surface area (Å²) in [4.78, 5) is 25.6. The average Bonchev–Trinajstić information content (AvgIpc) is 3.09. The molecule has 32 heavy (non-hydrogen) atoms. The lowest BCUT2D eigenvalue weighted by molar-refractivity contribution is -0.142. The van der Waals surface area contributed by atoms with Crippen LogP contribution in [0.2, 0.25) is 0 Å². The van der Waals surface area contributed by atoms with Crippen molar-refractivity contribution in [3.63, 3.8) is 0 Å². The van der Waals surface area contributed by atoms with Gasteiger partial charge in [0.2, 0.25) is 5.91 Å². The number of aromatic nitrogens is 5. The topological polar surface area (TPSA) is 129 Å². The van der Waals surface area contributed by atoms with Crippen LogP contribution in [0.4, 0.5) is 23.8 Å². The fourth-order valence-corrected chi connectivity index (χ4v) is 4.37. The van der Waals surface area contributed by atoms with Gasteiger partial charge in [0, 0.05) is 35.5 Å². The molecule has 10 nitrogen and oxygen atoms in total. The Labute approximate surface area is 181 Å². The van der Waals surface area contributed by atoms with E-state index in [1.165, 1.54) is 0 Å². The highest BCUT2D eigenvalue weighted by Gasteiger charge is 2.50. The van der Waals surface area contributed by atoms with Gasteiger partial charge < -0.3 is 10.4 Å². The summed E-state index contributed by atoms with van der Waals surface area (Å²) in [5.74, 6) is -0.0879. The SMILES string of the molecule is CC1(N(C(=O)O)C2CCC(c3cc(NC(=O)Cc4cn(CC(F)(F)F)nn4)n[nH]3)C2)CC1. The van der Waals surface area contributed by atoms with Gasteiger partial charge in [-0.3, -0.25) is 14.8 Å². The van der Waals surface area contributed by atoms with Crippen molar-refractivity contribution in [3.05, 3.63) is 23.7 Å². The van der Waals surface area contributed by atoms with E-state index in [1.54, 1.807) is 11.0 Å². The monoisotopic (exact) mass is 455 g/mol. The molecule has 174 valence electrons. The highest BCUT2D eigenvalue weighted by molar-refractivity contribution is 5.91. The van der Waals surface area contributed by atoms with E-state index in [1.807, 2.05) is 6.92 Å². The number of nitrogens with one attached hydrogen (secondary N) is 2. The van der Waals surface area contributed by atoms with Gasteiger partial charge in [-0.2, -0.15) is 18.3 Å². The van der Waals surface area contributed by atoms with Crippen molar-refractivity contribution in [1.82, 2.24) is 30.1 Å². The van der Waals surface area contributed by atoms with Crippen LogP contribution in [0.25, 0.3) is 0 Å². The summed E-state index contributed by atoms with van der Waals surface area (Å²) in [6.07, 6.45) is -0.456. The number of halogens is 3. The molecule has 0 aromatic carbocycles. The molecule has 4 rings (SSSR count). The first kappa shape index (κ1) is 22.1. The molecule has 2 heterocycles. The fourth-order valence-electron chi connectivity index (χ4n) is 4.37. The van der Waals surface area contributed by atoms with Gasteiger partial charge in [0.1, 0.15) is 6.54 Å². The van der Waals surface area contributed by atoms with Gasteiger partial charge in [0.15, 0.2) is 5.82 Å². The third-order valence-corrected chi connectivity index (χ3v) is 6.11. The van der Waals surface area contributed by atoms with E-state index in [4.69, 9.17) is 0 Å². The highest BCUT2D eigenvalue weighted by atomic mass is 19.4. The highest BCUT2D eigenvalue weighted by Crippen LogP contribution is 2.47. The Morgan fingerprint density at radius 1 is 1.38 bits per heavy atom. The van der Waals surface area contributed by atoms with Crippen molar-refractivity contribution in [1.29, 1.82) is 0 Å². The number of alkyl halides is 3. The van der Waals surface area contributed by atoms with E-state index in [0.29, 0.717) is 16.9 Å². The van der Waals surface area contributed by atoms with E-state index < -0.39 is 24.7 Å². The molecule has 2 fully saturated rings. The molecule has 2 unspecified atom stereocenters. The van der Waals surface area contributed by atoms with Crippen LogP contribution in [0.1, 0.15) is 56.3 Å². The molecule has 0 bridgehead atoms. The van der Waals surface area contributed by atoms with Crippen molar-refractivity contribution in [2.45, 2.75) is 75.7 Å². The van der Waals surface area contributed by atoms with Crippen LogP contribution in [0.3, 0.4) is 0 Å². The number of aromatic amines is 1. The Balaban J connectivity index is 1.31. The van der Waals surface area contributed by atoms with E-state index in [-0.39, 0.29) is 29.6 Å². The number of hydrogen-bond donors (Lipinski definition) is 3. The van der Waals surface area contributed by atoms with Gasteiger partial charge in [-0.25, -0.2) is 9.48 Å². The van der Waals surface area contributed by atoms with Gasteiger partial charge in [-0.05, 0) is 39.0 Å². The maximum Gasteiger partial charge on any atom is 0.408 e. The summed E-state index contributed by atoms with van der Waals surface area (Å²) in [5.41, 5.74) is 0.661. The minimum atomic E-state index is -4.42. The third kappa shape index (κ3) is 5.02. The number of carbonyl (C=O) groups excluding carboxylic acids is 1. The first-order valence-electron chi connectivity index (χ1n) is 10.4. The molecule has 13 heteroatoms. The molecule has 2 aliphatic carbocycles. The Hall–Kier alpha value is -3.12. The zero-order chi connectivity index (χ0) is 23.1. The van der Waals surface area contributed by atoms with Gasteiger partial charge in [0.05, 0.1) is 12.1 Å². The van der Waals surface area contributed by atoms with Crippen molar-refractivity contribution >= 4 is 17.8 Å². The minimum Gasteiger partial charge on any atom is -0.465 e. The second-order valence-corrected chi connectivity index (χ2v) is 8.77. The number of carbonyl (C=O) groups is 2. The zero-order valence-electron chi connectivity index (χ0n) is 17.4. The molecule has 2 amide bonds. The Morgan fingerprint density at radius 2 is 2.12 bits per heavy atom. The molecule has 2 saturated carbocycles. The molecular weight excluding hydrogens is 431 g/mol. The van der Waals surface area contributed by atoms with E-state index in [9.17, 15) is 27.9 Å². The molecule has 2 aliphatic rings. The quantitative estimate of drug-likeness (QED) is 0.589. The Bertz CT molecular complexity index is 998. The van der Waals surface area contributed by atoms with Gasteiger partial charge in [-0.15, -0.1) is 5.10 Å². The molecule has 3 N–H and O–H groups in total. The van der Waals surface area contributed by atoms with Gasteiger partial charge in [-0.1, -0.05) is 5.21 Å². The molecule has 2 aromatic rings. The van der Waals surface area contributed by atoms with Crippen molar-refractivity contribution < 1.29 is 27.9 Å². The van der Waals surface area contributed by atoms with Crippen molar-refractivity contribution in [2.24, 2.45) is 0 Å². The van der Waals surface area contributed by atoms with E-state index in [2.05, 4.69) is 25.8 Å². The molecular formula is C19H24F3N7O3. The summed E-state index contributed by atoms with van der Waals surface area (Å²) in [6.45, 7) is 0.700. The summed E-state index contributed by atoms with van der Waals surface area (Å²) in [5, 5.41) is 26.2. The number of rotatable bonds is 7. The van der Waals surface area contributed by atoms with Crippen LogP contribution >= 0.6 is 0 Å². The smallest absolute Gasteiger partial charge is 0.408 e. The van der Waals surface area contributed by atoms with Crippen LogP contribution in [0, 0.1) is 0 Å². The van der Waals surface area contributed by atoms with Gasteiger partial charge in [0.25, 0.3) is 0 Å². The number of amides is 2. The van der Waals surface area contributed by atoms with Gasteiger partial charge >= 0.3 is 12.3 Å². The van der Waals surface area contributed by atoms with Crippen molar-refractivity contribution in [2.75, 3.05) is 5.32 Å². The standard InChI is InChI=1S/C19H24F3N7O3/c1-18(4-5-18)29(17(31)32)13-3-2-11(6-13)14-8-15(26-25-14)23-16(30)7-12-9-28(27-24-12)10-19(20,21)22/h8-9,11,13H,2-7,10H2,1H3,(H,31,32)(H2,23,25,26,30). The number of anilines is 1. The number of carboxylic acid groups (broad SMARTS) is 1. The zero-order valence-corrected chi connectivity index (χ0v) is 17.4. The molecule has 2 aromatic heterocycles. The van der Waals surface area contributed by atoms with Crippen LogP contribution in [0.15, 0.2) is 12.3 Å². The second-order valence-electron chi connectivity index (χ2n) is 8.77. The second kappa shape index (κ2) is 8.10. The average molecular weight is 455 g/mol. The summed E-state index contributed by atoms with van der Waals surface area (Å²) in [7, 11) is 0. The molecule has 0 radical (unpaired) electrons. The Kier molecular flexibility index (Phi) is 5.59. The first-order chi connectivity index (χ1) is 15.0. The van der Waals surface area contributed by atoms with E-state index >= 15 is 0 Å². The summed E-state index contributed by atoms with van der Waals surface area (Å²) in [6, 6.07) is 1.65. The number of hydrogen-bond acceptors (Lipinski definition) is 5. The third-order valence-electron chi connectivity index (χ3n) is 6.11. The lowest BCUT2D eigenvalue weighted by Crippen LogP contribution is -2.45. The van der Waals surface area contributed by atoms with Crippen LogP contribution < -0.4 is 5.32 Å². The predicted octanol–water partition coefficient (Wildman–Crippen LogP) is 2.91. The van der Waals surface area contributed by atoms with Crippen LogP contribution in [-0.4, -0.2) is 65.0 Å². The largest absolute Gasteiger partial charge is 0.465 e. The van der Waals surface area contributed by atoms with Crippen LogP contribution in [-0.2, 0) is 17.8 Å². The normalized spacial score (nSPS) is 22.0. The summed E-state index contributed by atoms with van der Waals surface area (Å²) < 4.78 is 37.8. The maximum atomic E-state index is 12.4. The minimum absolute atomic E-state index is 0.0503. The summed E-state index contributed by atoms with van der Waals surface area (Å²) >= 11 is 0. The number of H-pyrrole nitrogens is 1.